The second-order valence-electron chi connectivity index (χ2n) is 3.21. The second kappa shape index (κ2) is 4.55. The SMILES string of the molecule is COc1cccnc1C(N)c1ccc(Cl)o1. The van der Waals surface area contributed by atoms with E-state index >= 15 is 0 Å². The Balaban J connectivity index is 2.36. The first-order valence-corrected chi connectivity index (χ1v) is 5.10. The van der Waals surface area contributed by atoms with Crippen molar-refractivity contribution in [1.82, 2.24) is 4.98 Å². The predicted molar refractivity (Wildman–Crippen MR) is 60.5 cm³/mol. The maximum Gasteiger partial charge on any atom is 0.193 e. The van der Waals surface area contributed by atoms with Crippen molar-refractivity contribution < 1.29 is 9.15 Å². The highest BCUT2D eigenvalue weighted by Gasteiger charge is 2.18. The third-order valence-corrected chi connectivity index (χ3v) is 2.42. The molecular weight excluding hydrogens is 228 g/mol. The Morgan fingerprint density at radius 3 is 2.88 bits per heavy atom. The summed E-state index contributed by atoms with van der Waals surface area (Å²) in [4.78, 5) is 4.18. The van der Waals surface area contributed by atoms with E-state index in [1.807, 2.05) is 0 Å². The van der Waals surface area contributed by atoms with Gasteiger partial charge in [-0.05, 0) is 35.9 Å². The van der Waals surface area contributed by atoms with E-state index in [9.17, 15) is 0 Å². The molecular formula is C11H11ClN2O2. The maximum absolute atomic E-state index is 6.01. The Hall–Kier alpha value is -1.52. The van der Waals surface area contributed by atoms with Crippen LogP contribution in [0.15, 0.2) is 34.9 Å². The number of nitrogens with two attached hydrogens (primary N) is 1. The lowest BCUT2D eigenvalue weighted by atomic mass is 10.1. The number of rotatable bonds is 3. The average molecular weight is 239 g/mol. The van der Waals surface area contributed by atoms with E-state index in [1.54, 1.807) is 37.6 Å². The molecule has 0 aliphatic heterocycles. The molecule has 0 bridgehead atoms. The van der Waals surface area contributed by atoms with Crippen LogP contribution >= 0.6 is 11.6 Å². The summed E-state index contributed by atoms with van der Waals surface area (Å²) in [7, 11) is 1.57. The lowest BCUT2D eigenvalue weighted by molar-refractivity contribution is 0.399. The molecule has 0 saturated heterocycles. The molecule has 84 valence electrons. The summed E-state index contributed by atoms with van der Waals surface area (Å²) in [6.45, 7) is 0. The molecule has 0 aliphatic carbocycles. The van der Waals surface area contributed by atoms with Crippen molar-refractivity contribution in [2.75, 3.05) is 7.11 Å². The molecule has 0 fully saturated rings. The minimum Gasteiger partial charge on any atom is -0.495 e. The van der Waals surface area contributed by atoms with Gasteiger partial charge in [-0.15, -0.1) is 0 Å². The van der Waals surface area contributed by atoms with Crippen LogP contribution < -0.4 is 10.5 Å². The monoisotopic (exact) mass is 238 g/mol. The molecule has 0 spiro atoms. The van der Waals surface area contributed by atoms with Gasteiger partial charge >= 0.3 is 0 Å². The smallest absolute Gasteiger partial charge is 0.193 e. The quantitative estimate of drug-likeness (QED) is 0.892. The zero-order chi connectivity index (χ0) is 11.5. The van der Waals surface area contributed by atoms with E-state index in [4.69, 9.17) is 26.5 Å². The Morgan fingerprint density at radius 2 is 2.25 bits per heavy atom. The number of nitrogens with zero attached hydrogens (tertiary/aromatic N) is 1. The number of aromatic nitrogens is 1. The Morgan fingerprint density at radius 1 is 1.44 bits per heavy atom. The first-order valence-electron chi connectivity index (χ1n) is 4.72. The van der Waals surface area contributed by atoms with E-state index in [0.717, 1.165) is 0 Å². The summed E-state index contributed by atoms with van der Waals surface area (Å²) >= 11 is 5.69. The van der Waals surface area contributed by atoms with Gasteiger partial charge in [0.1, 0.15) is 23.2 Å². The first-order chi connectivity index (χ1) is 7.72. The standard InChI is InChI=1S/C11H11ClN2O2/c1-15-8-3-2-6-14-11(8)10(13)7-4-5-9(12)16-7/h2-6,10H,13H2,1H3. The largest absolute Gasteiger partial charge is 0.495 e. The number of furan rings is 1. The van der Waals surface area contributed by atoms with Gasteiger partial charge < -0.3 is 14.9 Å². The molecule has 0 aromatic carbocycles. The molecule has 4 nitrogen and oxygen atoms in total. The molecule has 16 heavy (non-hydrogen) atoms. The predicted octanol–water partition coefficient (Wildman–Crippen LogP) is 2.38. The van der Waals surface area contributed by atoms with E-state index in [-0.39, 0.29) is 0 Å². The molecule has 2 aromatic heterocycles. The van der Waals surface area contributed by atoms with E-state index in [0.29, 0.717) is 22.4 Å². The summed E-state index contributed by atoms with van der Waals surface area (Å²) in [5, 5.41) is 0.306. The molecule has 0 aliphatic rings. The minimum absolute atomic E-state index is 0.306. The van der Waals surface area contributed by atoms with Crippen LogP contribution in [0, 0.1) is 0 Å². The normalized spacial score (nSPS) is 12.4. The first kappa shape index (κ1) is 11.0. The fourth-order valence-electron chi connectivity index (χ4n) is 1.44. The molecule has 2 rings (SSSR count). The molecule has 1 atom stereocenters. The zero-order valence-electron chi connectivity index (χ0n) is 8.68. The maximum atomic E-state index is 6.01. The molecule has 5 heteroatoms. The number of halogens is 1. The number of methoxy groups -OCH3 is 1. The second-order valence-corrected chi connectivity index (χ2v) is 3.58. The van der Waals surface area contributed by atoms with E-state index < -0.39 is 6.04 Å². The van der Waals surface area contributed by atoms with Gasteiger partial charge in [0.15, 0.2) is 5.22 Å². The van der Waals surface area contributed by atoms with Crippen LogP contribution in [-0.4, -0.2) is 12.1 Å². The zero-order valence-corrected chi connectivity index (χ0v) is 9.44. The third-order valence-electron chi connectivity index (χ3n) is 2.21. The average Bonchev–Trinajstić information content (AvgIpc) is 2.75. The summed E-state index contributed by atoms with van der Waals surface area (Å²) in [5.74, 6) is 1.18. The van der Waals surface area contributed by atoms with Crippen LogP contribution in [0.25, 0.3) is 0 Å². The summed E-state index contributed by atoms with van der Waals surface area (Å²) in [6.07, 6.45) is 1.66. The lowest BCUT2D eigenvalue weighted by Gasteiger charge is -2.11. The van der Waals surface area contributed by atoms with Crippen molar-refractivity contribution in [2.45, 2.75) is 6.04 Å². The highest BCUT2D eigenvalue weighted by atomic mass is 35.5. The van der Waals surface area contributed by atoms with E-state index in [1.165, 1.54) is 0 Å². The lowest BCUT2D eigenvalue weighted by Crippen LogP contribution is -2.13. The molecule has 0 amide bonds. The fourth-order valence-corrected chi connectivity index (χ4v) is 1.59. The van der Waals surface area contributed by atoms with Gasteiger partial charge in [0.2, 0.25) is 0 Å². The summed E-state index contributed by atoms with van der Waals surface area (Å²) < 4.78 is 10.4. The molecule has 0 saturated carbocycles. The van der Waals surface area contributed by atoms with E-state index in [2.05, 4.69) is 4.98 Å². The molecule has 2 N–H and O–H groups in total. The van der Waals surface area contributed by atoms with Crippen molar-refractivity contribution in [3.05, 3.63) is 47.1 Å². The van der Waals surface area contributed by atoms with Gasteiger partial charge in [0.05, 0.1) is 7.11 Å². The topological polar surface area (TPSA) is 61.3 Å². The molecule has 0 radical (unpaired) electrons. The van der Waals surface area contributed by atoms with Gasteiger partial charge in [-0.1, -0.05) is 0 Å². The van der Waals surface area contributed by atoms with Gasteiger partial charge in [-0.25, -0.2) is 0 Å². The van der Waals surface area contributed by atoms with Crippen molar-refractivity contribution in [3.8, 4) is 5.75 Å². The minimum atomic E-state index is -0.483. The third kappa shape index (κ3) is 2.03. The van der Waals surface area contributed by atoms with Gasteiger partial charge in [0, 0.05) is 6.20 Å². The van der Waals surface area contributed by atoms with Crippen LogP contribution in [0.5, 0.6) is 5.75 Å². The highest BCUT2D eigenvalue weighted by Crippen LogP contribution is 2.28. The van der Waals surface area contributed by atoms with Crippen molar-refractivity contribution >= 4 is 11.6 Å². The molecule has 2 heterocycles. The number of pyridine rings is 1. The van der Waals surface area contributed by atoms with Crippen molar-refractivity contribution in [1.29, 1.82) is 0 Å². The Bertz CT molecular complexity index is 484. The van der Waals surface area contributed by atoms with Crippen LogP contribution in [0.3, 0.4) is 0 Å². The number of hydrogen-bond acceptors (Lipinski definition) is 4. The van der Waals surface area contributed by atoms with Gasteiger partial charge in [0.25, 0.3) is 0 Å². The number of hydrogen-bond donors (Lipinski definition) is 1. The Labute approximate surface area is 98.0 Å². The summed E-state index contributed by atoms with van der Waals surface area (Å²) in [5.41, 5.74) is 6.63. The molecule has 1 unspecified atom stereocenters. The van der Waals surface area contributed by atoms with Gasteiger partial charge in [-0.3, -0.25) is 4.98 Å². The van der Waals surface area contributed by atoms with Gasteiger partial charge in [-0.2, -0.15) is 0 Å². The van der Waals surface area contributed by atoms with Crippen LogP contribution in [0.1, 0.15) is 17.5 Å². The highest BCUT2D eigenvalue weighted by molar-refractivity contribution is 6.28. The number of ether oxygens (including phenoxy) is 1. The fraction of sp³-hybridized carbons (Fsp3) is 0.182. The Kier molecular flexibility index (Phi) is 3.12. The summed E-state index contributed by atoms with van der Waals surface area (Å²) in [6, 6.07) is 6.47. The van der Waals surface area contributed by atoms with Crippen LogP contribution in [0.2, 0.25) is 5.22 Å². The molecule has 2 aromatic rings. The van der Waals surface area contributed by atoms with Crippen molar-refractivity contribution in [2.24, 2.45) is 5.73 Å². The van der Waals surface area contributed by atoms with Crippen LogP contribution in [0.4, 0.5) is 0 Å². The van der Waals surface area contributed by atoms with Crippen LogP contribution in [-0.2, 0) is 0 Å². The van der Waals surface area contributed by atoms with Crippen molar-refractivity contribution in [3.63, 3.8) is 0 Å².